The summed E-state index contributed by atoms with van der Waals surface area (Å²) in [6.07, 6.45) is 2.68. The fraction of sp³-hybridized carbons (Fsp3) is 1.00. The molecule has 0 aromatic heterocycles. The van der Waals surface area contributed by atoms with Crippen molar-refractivity contribution in [3.63, 3.8) is 0 Å². The van der Waals surface area contributed by atoms with E-state index in [9.17, 15) is 0 Å². The number of hydrogen-bond donors (Lipinski definition) is 2. The van der Waals surface area contributed by atoms with Crippen LogP contribution in [0.2, 0.25) is 0 Å². The number of rotatable bonds is 1. The molecule has 2 fully saturated rings. The monoisotopic (exact) mass is 214 g/mol. The fourth-order valence-electron chi connectivity index (χ4n) is 2.45. The van der Waals surface area contributed by atoms with E-state index in [2.05, 4.69) is 36.2 Å². The van der Waals surface area contributed by atoms with Gasteiger partial charge in [-0.1, -0.05) is 13.8 Å². The van der Waals surface area contributed by atoms with Crippen LogP contribution in [0.3, 0.4) is 0 Å². The van der Waals surface area contributed by atoms with Gasteiger partial charge in [0.15, 0.2) is 0 Å². The Morgan fingerprint density at radius 1 is 1.29 bits per heavy atom. The first-order chi connectivity index (χ1) is 6.72. The van der Waals surface area contributed by atoms with E-state index in [-0.39, 0.29) is 0 Å². The first-order valence-corrected chi connectivity index (χ1v) is 6.93. The molecule has 0 aromatic carbocycles. The fourth-order valence-corrected chi connectivity index (χ4v) is 3.72. The van der Waals surface area contributed by atoms with Crippen molar-refractivity contribution in [2.24, 2.45) is 5.92 Å². The molecule has 2 heterocycles. The highest BCUT2D eigenvalue weighted by Gasteiger charge is 2.37. The van der Waals surface area contributed by atoms with Gasteiger partial charge < -0.3 is 10.6 Å². The van der Waals surface area contributed by atoms with Crippen molar-refractivity contribution < 1.29 is 0 Å². The molecule has 2 nitrogen and oxygen atoms in total. The van der Waals surface area contributed by atoms with Gasteiger partial charge in [-0.25, -0.2) is 0 Å². The van der Waals surface area contributed by atoms with E-state index in [1.807, 2.05) is 0 Å². The number of piperazine rings is 1. The number of nitrogens with one attached hydrogen (secondary N) is 2. The quantitative estimate of drug-likeness (QED) is 0.691. The summed E-state index contributed by atoms with van der Waals surface area (Å²) in [5, 5.41) is 7.50. The molecule has 2 N–H and O–H groups in total. The summed E-state index contributed by atoms with van der Waals surface area (Å²) >= 11 is 2.10. The van der Waals surface area contributed by atoms with Gasteiger partial charge in [-0.15, -0.1) is 0 Å². The van der Waals surface area contributed by atoms with E-state index < -0.39 is 0 Å². The molecular formula is C11H22N2S. The molecule has 0 unspecified atom stereocenters. The SMILES string of the molecule is CC(C)[C@@H]1CNCC2(CCSCC2)N1. The van der Waals surface area contributed by atoms with E-state index in [1.165, 1.54) is 30.9 Å². The minimum atomic E-state index is 0.429. The molecule has 0 radical (unpaired) electrons. The van der Waals surface area contributed by atoms with Crippen LogP contribution < -0.4 is 10.6 Å². The summed E-state index contributed by atoms with van der Waals surface area (Å²) in [4.78, 5) is 0. The van der Waals surface area contributed by atoms with Crippen LogP contribution in [0.1, 0.15) is 26.7 Å². The van der Waals surface area contributed by atoms with Gasteiger partial charge in [0, 0.05) is 24.7 Å². The summed E-state index contributed by atoms with van der Waals surface area (Å²) in [6.45, 7) is 6.95. The second-order valence-electron chi connectivity index (χ2n) is 5.02. The van der Waals surface area contributed by atoms with E-state index >= 15 is 0 Å². The molecule has 0 aliphatic carbocycles. The molecule has 1 spiro atoms. The van der Waals surface area contributed by atoms with Gasteiger partial charge in [0.25, 0.3) is 0 Å². The van der Waals surface area contributed by atoms with Crippen molar-refractivity contribution >= 4 is 11.8 Å². The molecule has 3 heteroatoms. The summed E-state index contributed by atoms with van der Waals surface area (Å²) in [6, 6.07) is 0.673. The van der Waals surface area contributed by atoms with Crippen molar-refractivity contribution in [1.29, 1.82) is 0 Å². The molecule has 2 aliphatic rings. The summed E-state index contributed by atoms with van der Waals surface area (Å²) in [5.74, 6) is 3.41. The van der Waals surface area contributed by atoms with E-state index in [0.717, 1.165) is 12.5 Å². The summed E-state index contributed by atoms with van der Waals surface area (Å²) in [7, 11) is 0. The highest BCUT2D eigenvalue weighted by atomic mass is 32.2. The lowest BCUT2D eigenvalue weighted by Gasteiger charge is -2.46. The van der Waals surface area contributed by atoms with Crippen LogP contribution in [-0.2, 0) is 0 Å². The average Bonchev–Trinajstić information content (AvgIpc) is 2.19. The third kappa shape index (κ3) is 2.26. The van der Waals surface area contributed by atoms with Crippen molar-refractivity contribution in [3.05, 3.63) is 0 Å². The average molecular weight is 214 g/mol. The Hall–Kier alpha value is 0.270. The molecule has 2 rings (SSSR count). The Morgan fingerprint density at radius 2 is 2.00 bits per heavy atom. The highest BCUT2D eigenvalue weighted by molar-refractivity contribution is 7.99. The molecular weight excluding hydrogens is 192 g/mol. The number of thioether (sulfide) groups is 1. The predicted octanol–water partition coefficient (Wildman–Crippen LogP) is 1.47. The molecule has 14 heavy (non-hydrogen) atoms. The molecule has 0 bridgehead atoms. The van der Waals surface area contributed by atoms with Crippen LogP contribution >= 0.6 is 11.8 Å². The van der Waals surface area contributed by atoms with Gasteiger partial charge >= 0.3 is 0 Å². The second kappa shape index (κ2) is 4.42. The van der Waals surface area contributed by atoms with Crippen molar-refractivity contribution in [2.75, 3.05) is 24.6 Å². The maximum absolute atomic E-state index is 3.89. The third-order valence-corrected chi connectivity index (χ3v) is 4.56. The van der Waals surface area contributed by atoms with E-state index in [1.54, 1.807) is 0 Å². The zero-order valence-corrected chi connectivity index (χ0v) is 10.1. The smallest absolute Gasteiger partial charge is 0.0325 e. The van der Waals surface area contributed by atoms with Gasteiger partial charge in [-0.3, -0.25) is 0 Å². The lowest BCUT2D eigenvalue weighted by atomic mass is 9.86. The van der Waals surface area contributed by atoms with Gasteiger partial charge in [0.05, 0.1) is 0 Å². The molecule has 82 valence electrons. The highest BCUT2D eigenvalue weighted by Crippen LogP contribution is 2.29. The van der Waals surface area contributed by atoms with Gasteiger partial charge in [-0.2, -0.15) is 11.8 Å². The predicted molar refractivity (Wildman–Crippen MR) is 63.9 cm³/mol. The zero-order chi connectivity index (χ0) is 10.0. The Bertz CT molecular complexity index is 182. The molecule has 0 amide bonds. The lowest BCUT2D eigenvalue weighted by Crippen LogP contribution is -2.66. The second-order valence-corrected chi connectivity index (χ2v) is 6.24. The minimum Gasteiger partial charge on any atom is -0.313 e. The van der Waals surface area contributed by atoms with Gasteiger partial charge in [0.1, 0.15) is 0 Å². The molecule has 0 aromatic rings. The molecule has 1 atom stereocenters. The topological polar surface area (TPSA) is 24.1 Å². The Kier molecular flexibility index (Phi) is 3.40. The van der Waals surface area contributed by atoms with Crippen LogP contribution in [0.4, 0.5) is 0 Å². The van der Waals surface area contributed by atoms with Crippen LogP contribution in [0, 0.1) is 5.92 Å². The zero-order valence-electron chi connectivity index (χ0n) is 9.31. The molecule has 0 saturated carbocycles. The standard InChI is InChI=1S/C11H22N2S/c1-9(2)10-7-12-8-11(13-10)3-5-14-6-4-11/h9-10,12-13H,3-8H2,1-2H3/t10-/m0/s1. The van der Waals surface area contributed by atoms with Crippen molar-refractivity contribution in [2.45, 2.75) is 38.3 Å². The Balaban J connectivity index is 1.97. The van der Waals surface area contributed by atoms with Crippen LogP contribution in [0.25, 0.3) is 0 Å². The summed E-state index contributed by atoms with van der Waals surface area (Å²) in [5.41, 5.74) is 0.429. The Labute approximate surface area is 91.6 Å². The summed E-state index contributed by atoms with van der Waals surface area (Å²) < 4.78 is 0. The third-order valence-electron chi connectivity index (χ3n) is 3.57. The largest absolute Gasteiger partial charge is 0.313 e. The first kappa shape index (κ1) is 10.8. The molecule has 2 aliphatic heterocycles. The van der Waals surface area contributed by atoms with Crippen molar-refractivity contribution in [3.8, 4) is 0 Å². The van der Waals surface area contributed by atoms with E-state index in [4.69, 9.17) is 0 Å². The van der Waals surface area contributed by atoms with Gasteiger partial charge in [-0.05, 0) is 30.3 Å². The lowest BCUT2D eigenvalue weighted by molar-refractivity contribution is 0.181. The maximum atomic E-state index is 3.89. The minimum absolute atomic E-state index is 0.429. The van der Waals surface area contributed by atoms with Gasteiger partial charge in [0.2, 0.25) is 0 Å². The maximum Gasteiger partial charge on any atom is 0.0325 e. The van der Waals surface area contributed by atoms with Crippen LogP contribution in [0.15, 0.2) is 0 Å². The Morgan fingerprint density at radius 3 is 2.64 bits per heavy atom. The van der Waals surface area contributed by atoms with Crippen LogP contribution in [0.5, 0.6) is 0 Å². The van der Waals surface area contributed by atoms with E-state index in [0.29, 0.717) is 11.6 Å². The number of hydrogen-bond acceptors (Lipinski definition) is 3. The van der Waals surface area contributed by atoms with Crippen LogP contribution in [-0.4, -0.2) is 36.2 Å². The van der Waals surface area contributed by atoms with Crippen molar-refractivity contribution in [1.82, 2.24) is 10.6 Å². The first-order valence-electron chi connectivity index (χ1n) is 5.78. The normalized spacial score (nSPS) is 32.4. The molecule has 2 saturated heterocycles.